The molecule has 2 aromatic rings. The van der Waals surface area contributed by atoms with Gasteiger partial charge in [0, 0.05) is 11.6 Å². The van der Waals surface area contributed by atoms with E-state index in [1.54, 1.807) is 0 Å². The predicted octanol–water partition coefficient (Wildman–Crippen LogP) is 1.62. The third-order valence-corrected chi connectivity index (χ3v) is 2.03. The van der Waals surface area contributed by atoms with Crippen molar-refractivity contribution < 1.29 is 27.8 Å². The lowest BCUT2D eigenvalue weighted by atomic mass is 10.2. The molecule has 8 heteroatoms. The largest absolute Gasteiger partial charge is 0.480 e. The molecule has 0 saturated carbocycles. The molecule has 1 aromatic heterocycles. The van der Waals surface area contributed by atoms with Gasteiger partial charge in [0.2, 0.25) is 11.8 Å². The standard InChI is InChI=1S/C11H8F2N2O4/c12-7-1-6(2-8(13)3-7)11-15-14-9(19-11)4-18-5-10(16)17/h1-3H,4-5H2,(H,16,17). The second-order valence-corrected chi connectivity index (χ2v) is 3.55. The van der Waals surface area contributed by atoms with Crippen molar-refractivity contribution in [2.75, 3.05) is 6.61 Å². The summed E-state index contributed by atoms with van der Waals surface area (Å²) in [6.45, 7) is -0.705. The van der Waals surface area contributed by atoms with Gasteiger partial charge in [0.1, 0.15) is 24.8 Å². The molecule has 1 N–H and O–H groups in total. The predicted molar refractivity (Wildman–Crippen MR) is 56.9 cm³/mol. The van der Waals surface area contributed by atoms with Crippen molar-refractivity contribution in [3.63, 3.8) is 0 Å². The van der Waals surface area contributed by atoms with Crippen LogP contribution in [0.1, 0.15) is 5.89 Å². The minimum Gasteiger partial charge on any atom is -0.480 e. The van der Waals surface area contributed by atoms with E-state index in [4.69, 9.17) is 14.3 Å². The molecule has 0 bridgehead atoms. The third kappa shape index (κ3) is 3.55. The Hall–Kier alpha value is -2.35. The highest BCUT2D eigenvalue weighted by atomic mass is 19.1. The summed E-state index contributed by atoms with van der Waals surface area (Å²) in [5, 5.41) is 15.5. The highest BCUT2D eigenvalue weighted by Gasteiger charge is 2.11. The van der Waals surface area contributed by atoms with E-state index in [2.05, 4.69) is 10.2 Å². The number of carboxylic acid groups (broad SMARTS) is 1. The molecule has 0 unspecified atom stereocenters. The molecular weight excluding hydrogens is 262 g/mol. The average molecular weight is 270 g/mol. The van der Waals surface area contributed by atoms with Crippen LogP contribution in [0, 0.1) is 11.6 Å². The first kappa shape index (κ1) is 13.1. The lowest BCUT2D eigenvalue weighted by Crippen LogP contribution is -2.06. The molecule has 0 radical (unpaired) electrons. The van der Waals surface area contributed by atoms with Crippen LogP contribution in [0.3, 0.4) is 0 Å². The molecule has 0 spiro atoms. The Bertz CT molecular complexity index is 580. The Morgan fingerprint density at radius 1 is 1.26 bits per heavy atom. The van der Waals surface area contributed by atoms with Crippen molar-refractivity contribution in [3.05, 3.63) is 35.7 Å². The normalized spacial score (nSPS) is 10.6. The van der Waals surface area contributed by atoms with Crippen LogP contribution in [-0.4, -0.2) is 27.9 Å². The zero-order chi connectivity index (χ0) is 13.8. The number of hydrogen-bond acceptors (Lipinski definition) is 5. The average Bonchev–Trinajstić information content (AvgIpc) is 2.76. The third-order valence-electron chi connectivity index (χ3n) is 2.03. The molecule has 0 aliphatic heterocycles. The van der Waals surface area contributed by atoms with E-state index in [0.717, 1.165) is 18.2 Å². The van der Waals surface area contributed by atoms with Crippen molar-refractivity contribution >= 4 is 5.97 Å². The van der Waals surface area contributed by atoms with Crippen LogP contribution < -0.4 is 0 Å². The minimum absolute atomic E-state index is 0.0147. The van der Waals surface area contributed by atoms with Crippen molar-refractivity contribution in [1.29, 1.82) is 0 Å². The van der Waals surface area contributed by atoms with Gasteiger partial charge in [0.15, 0.2) is 0 Å². The number of nitrogens with zero attached hydrogens (tertiary/aromatic N) is 2. The van der Waals surface area contributed by atoms with E-state index in [1.807, 2.05) is 0 Å². The minimum atomic E-state index is -1.13. The molecule has 6 nitrogen and oxygen atoms in total. The molecule has 1 aromatic carbocycles. The number of benzene rings is 1. The quantitative estimate of drug-likeness (QED) is 0.888. The van der Waals surface area contributed by atoms with E-state index < -0.39 is 24.2 Å². The Morgan fingerprint density at radius 3 is 2.58 bits per heavy atom. The van der Waals surface area contributed by atoms with Gasteiger partial charge in [-0.25, -0.2) is 13.6 Å². The molecule has 2 rings (SSSR count). The number of aliphatic carboxylic acids is 1. The zero-order valence-corrected chi connectivity index (χ0v) is 9.47. The molecule has 0 saturated heterocycles. The Kier molecular flexibility index (Phi) is 3.81. The monoisotopic (exact) mass is 270 g/mol. The SMILES string of the molecule is O=C(O)COCc1nnc(-c2cc(F)cc(F)c2)o1. The summed E-state index contributed by atoms with van der Waals surface area (Å²) < 4.78 is 35.8. The van der Waals surface area contributed by atoms with Gasteiger partial charge in [0.05, 0.1) is 0 Å². The van der Waals surface area contributed by atoms with Crippen LogP contribution in [0.2, 0.25) is 0 Å². The van der Waals surface area contributed by atoms with Crippen LogP contribution in [-0.2, 0) is 16.1 Å². The second kappa shape index (κ2) is 5.53. The summed E-state index contributed by atoms with van der Waals surface area (Å²) in [4.78, 5) is 10.2. The number of rotatable bonds is 5. The zero-order valence-electron chi connectivity index (χ0n) is 9.47. The summed E-state index contributed by atoms with van der Waals surface area (Å²) in [7, 11) is 0. The lowest BCUT2D eigenvalue weighted by Gasteiger charge is -1.97. The lowest BCUT2D eigenvalue weighted by molar-refractivity contribution is -0.142. The maximum atomic E-state index is 13.0. The van der Waals surface area contributed by atoms with Crippen molar-refractivity contribution in [3.8, 4) is 11.5 Å². The summed E-state index contributed by atoms with van der Waals surface area (Å²) in [6, 6.07) is 2.80. The molecule has 0 aliphatic rings. The first-order chi connectivity index (χ1) is 9.04. The van der Waals surface area contributed by atoms with Gasteiger partial charge >= 0.3 is 5.97 Å². The Balaban J connectivity index is 2.09. The Morgan fingerprint density at radius 2 is 1.95 bits per heavy atom. The molecule has 100 valence electrons. The molecule has 0 aliphatic carbocycles. The number of halogens is 2. The van der Waals surface area contributed by atoms with Gasteiger partial charge in [-0.3, -0.25) is 0 Å². The smallest absolute Gasteiger partial charge is 0.329 e. The number of hydrogen-bond donors (Lipinski definition) is 1. The highest BCUT2D eigenvalue weighted by molar-refractivity contribution is 5.67. The number of aromatic nitrogens is 2. The fourth-order valence-corrected chi connectivity index (χ4v) is 1.33. The summed E-state index contributed by atoms with van der Waals surface area (Å²) >= 11 is 0. The van der Waals surface area contributed by atoms with Crippen LogP contribution in [0.5, 0.6) is 0 Å². The second-order valence-electron chi connectivity index (χ2n) is 3.55. The summed E-state index contributed by atoms with van der Waals surface area (Å²) in [5.74, 6) is -2.73. The van der Waals surface area contributed by atoms with Gasteiger partial charge in [-0.2, -0.15) is 0 Å². The van der Waals surface area contributed by atoms with E-state index in [0.29, 0.717) is 0 Å². The first-order valence-corrected chi connectivity index (χ1v) is 5.13. The topological polar surface area (TPSA) is 85.5 Å². The maximum absolute atomic E-state index is 13.0. The fourth-order valence-electron chi connectivity index (χ4n) is 1.33. The van der Waals surface area contributed by atoms with Crippen LogP contribution in [0.4, 0.5) is 8.78 Å². The molecule has 0 atom stereocenters. The molecule has 0 amide bonds. The molecule has 1 heterocycles. The number of carboxylic acids is 1. The van der Waals surface area contributed by atoms with E-state index in [1.165, 1.54) is 0 Å². The fraction of sp³-hybridized carbons (Fsp3) is 0.182. The Labute approximate surface area is 105 Å². The van der Waals surface area contributed by atoms with Crippen molar-refractivity contribution in [1.82, 2.24) is 10.2 Å². The van der Waals surface area contributed by atoms with Crippen LogP contribution in [0.15, 0.2) is 22.6 Å². The maximum Gasteiger partial charge on any atom is 0.329 e. The molecule has 0 fully saturated rings. The van der Waals surface area contributed by atoms with Gasteiger partial charge in [-0.1, -0.05) is 0 Å². The summed E-state index contributed by atoms with van der Waals surface area (Å²) in [6.07, 6.45) is 0. The van der Waals surface area contributed by atoms with Crippen molar-refractivity contribution in [2.24, 2.45) is 0 Å². The van der Waals surface area contributed by atoms with E-state index in [9.17, 15) is 13.6 Å². The van der Waals surface area contributed by atoms with Crippen LogP contribution in [0.25, 0.3) is 11.5 Å². The van der Waals surface area contributed by atoms with Gasteiger partial charge in [0.25, 0.3) is 0 Å². The van der Waals surface area contributed by atoms with Gasteiger partial charge in [-0.15, -0.1) is 10.2 Å². The molecule has 19 heavy (non-hydrogen) atoms. The first-order valence-electron chi connectivity index (χ1n) is 5.13. The molecular formula is C11H8F2N2O4. The van der Waals surface area contributed by atoms with E-state index in [-0.39, 0.29) is 24.0 Å². The van der Waals surface area contributed by atoms with E-state index >= 15 is 0 Å². The number of ether oxygens (including phenoxy) is 1. The highest BCUT2D eigenvalue weighted by Crippen LogP contribution is 2.20. The van der Waals surface area contributed by atoms with Gasteiger partial charge in [-0.05, 0) is 12.1 Å². The summed E-state index contributed by atoms with van der Waals surface area (Å²) in [5.41, 5.74) is 0.0921. The van der Waals surface area contributed by atoms with Gasteiger partial charge < -0.3 is 14.3 Å². The van der Waals surface area contributed by atoms with Crippen molar-refractivity contribution in [2.45, 2.75) is 6.61 Å². The number of carbonyl (C=O) groups is 1. The van der Waals surface area contributed by atoms with Crippen LogP contribution >= 0.6 is 0 Å².